The number of nitrogens with one attached hydrogen (secondary N) is 1. The number of hydrogen-bond donors (Lipinski definition) is 2. The molecule has 1 heterocycles. The second-order valence-corrected chi connectivity index (χ2v) is 5.39. The molecule has 17 heavy (non-hydrogen) atoms. The summed E-state index contributed by atoms with van der Waals surface area (Å²) in [5.74, 6) is 0.0417. The molecule has 0 radical (unpaired) electrons. The van der Waals surface area contributed by atoms with Crippen LogP contribution in [0.3, 0.4) is 0 Å². The van der Waals surface area contributed by atoms with Crippen LogP contribution in [-0.4, -0.2) is 30.8 Å². The van der Waals surface area contributed by atoms with Gasteiger partial charge in [0, 0.05) is 6.07 Å². The van der Waals surface area contributed by atoms with Gasteiger partial charge in [-0.15, -0.1) is 0 Å². The van der Waals surface area contributed by atoms with Gasteiger partial charge in [0.15, 0.2) is 0 Å². The molecule has 94 valence electrons. The average molecular weight is 275 g/mol. The maximum Gasteiger partial charge on any atom is 0.239 e. The van der Waals surface area contributed by atoms with Crippen LogP contribution >= 0.6 is 12.2 Å². The molecule has 8 heteroatoms. The number of nitrogens with zero attached hydrogens (tertiary/aromatic N) is 1. The lowest BCUT2D eigenvalue weighted by Crippen LogP contribution is -2.26. The van der Waals surface area contributed by atoms with Crippen LogP contribution in [0.25, 0.3) is 0 Å². The smallest absolute Gasteiger partial charge is 0.239 e. The number of pyridine rings is 1. The third-order valence-electron chi connectivity index (χ3n) is 1.63. The number of thiocarbonyl (C=S) groups is 1. The van der Waals surface area contributed by atoms with Crippen LogP contribution in [0.2, 0.25) is 0 Å². The van der Waals surface area contributed by atoms with Crippen molar-refractivity contribution in [1.29, 1.82) is 0 Å². The Kier molecular flexibility index (Phi) is 4.64. The molecule has 0 aliphatic heterocycles. The van der Waals surface area contributed by atoms with Crippen LogP contribution in [0.1, 0.15) is 6.92 Å². The summed E-state index contributed by atoms with van der Waals surface area (Å²) in [6.07, 6.45) is 1.36. The molecule has 0 fully saturated rings. The summed E-state index contributed by atoms with van der Waals surface area (Å²) >= 11 is 4.54. The van der Waals surface area contributed by atoms with Gasteiger partial charge in [-0.2, -0.15) is 0 Å². The van der Waals surface area contributed by atoms with Gasteiger partial charge in [0.05, 0.1) is 23.5 Å². The molecule has 0 aromatic carbocycles. The summed E-state index contributed by atoms with van der Waals surface area (Å²) in [7, 11) is -3.56. The molecule has 0 aliphatic rings. The Morgan fingerprint density at radius 1 is 1.59 bits per heavy atom. The van der Waals surface area contributed by atoms with E-state index in [-0.39, 0.29) is 4.99 Å². The number of ether oxygens (including phenoxy) is 1. The zero-order valence-corrected chi connectivity index (χ0v) is 10.8. The van der Waals surface area contributed by atoms with Crippen molar-refractivity contribution in [2.24, 2.45) is 5.73 Å². The topological polar surface area (TPSA) is 94.3 Å². The molecule has 0 unspecified atom stereocenters. The number of anilines is 1. The predicted molar refractivity (Wildman–Crippen MR) is 69.6 cm³/mol. The van der Waals surface area contributed by atoms with E-state index in [1.165, 1.54) is 6.20 Å². The zero-order chi connectivity index (χ0) is 12.9. The van der Waals surface area contributed by atoms with E-state index in [1.54, 1.807) is 12.1 Å². The minimum Gasteiger partial charge on any atom is -0.478 e. The lowest BCUT2D eigenvalue weighted by atomic mass is 10.4. The SMILES string of the molecule is CCOc1ccc(NS(=O)(=O)CC(N)=S)cn1. The normalized spacial score (nSPS) is 10.9. The average Bonchev–Trinajstić information content (AvgIpc) is 2.18. The van der Waals surface area contributed by atoms with E-state index >= 15 is 0 Å². The third kappa shape index (κ3) is 4.96. The highest BCUT2D eigenvalue weighted by Gasteiger charge is 2.12. The molecule has 0 spiro atoms. The Hall–Kier alpha value is -1.41. The van der Waals surface area contributed by atoms with Crippen molar-refractivity contribution < 1.29 is 13.2 Å². The number of hydrogen-bond acceptors (Lipinski definition) is 5. The van der Waals surface area contributed by atoms with E-state index in [4.69, 9.17) is 10.5 Å². The first-order chi connectivity index (χ1) is 7.93. The Morgan fingerprint density at radius 3 is 2.76 bits per heavy atom. The summed E-state index contributed by atoms with van der Waals surface area (Å²) in [4.78, 5) is 3.83. The standard InChI is InChI=1S/C9H13N3O3S2/c1-2-15-9-4-3-7(5-11-9)12-17(13,14)6-8(10)16/h3-5,12H,2,6H2,1H3,(H2,10,16). The molecular weight excluding hydrogens is 262 g/mol. The van der Waals surface area contributed by atoms with Gasteiger partial charge in [0.1, 0.15) is 5.75 Å². The van der Waals surface area contributed by atoms with E-state index in [0.717, 1.165) is 0 Å². The van der Waals surface area contributed by atoms with Crippen molar-refractivity contribution in [2.45, 2.75) is 6.92 Å². The lowest BCUT2D eigenvalue weighted by Gasteiger charge is -2.07. The molecule has 0 saturated heterocycles. The first-order valence-corrected chi connectivity index (χ1v) is 6.86. The van der Waals surface area contributed by atoms with Gasteiger partial charge in [-0.05, 0) is 13.0 Å². The van der Waals surface area contributed by atoms with Crippen LogP contribution in [0.4, 0.5) is 5.69 Å². The van der Waals surface area contributed by atoms with Crippen LogP contribution in [0.5, 0.6) is 5.88 Å². The van der Waals surface area contributed by atoms with E-state index in [1.807, 2.05) is 6.92 Å². The molecule has 0 saturated carbocycles. The highest BCUT2D eigenvalue weighted by atomic mass is 32.2. The van der Waals surface area contributed by atoms with Gasteiger partial charge in [0.25, 0.3) is 0 Å². The van der Waals surface area contributed by atoms with Gasteiger partial charge in [-0.25, -0.2) is 13.4 Å². The summed E-state index contributed by atoms with van der Waals surface area (Å²) < 4.78 is 30.4. The zero-order valence-electron chi connectivity index (χ0n) is 9.21. The fourth-order valence-electron chi connectivity index (χ4n) is 1.08. The molecule has 0 atom stereocenters. The number of aromatic nitrogens is 1. The molecular formula is C9H13N3O3S2. The van der Waals surface area contributed by atoms with Gasteiger partial charge >= 0.3 is 0 Å². The van der Waals surface area contributed by atoms with Gasteiger partial charge < -0.3 is 10.5 Å². The van der Waals surface area contributed by atoms with Crippen LogP contribution in [0.15, 0.2) is 18.3 Å². The molecule has 0 amide bonds. The largest absolute Gasteiger partial charge is 0.478 e. The highest BCUT2D eigenvalue weighted by Crippen LogP contribution is 2.12. The molecule has 3 N–H and O–H groups in total. The summed E-state index contributed by atoms with van der Waals surface area (Å²) in [5, 5.41) is 0. The maximum atomic E-state index is 11.5. The first kappa shape index (κ1) is 13.7. The number of nitrogens with two attached hydrogens (primary N) is 1. The van der Waals surface area contributed by atoms with Gasteiger partial charge in [-0.1, -0.05) is 12.2 Å². The fraction of sp³-hybridized carbons (Fsp3) is 0.333. The van der Waals surface area contributed by atoms with E-state index < -0.39 is 15.8 Å². The van der Waals surface area contributed by atoms with Crippen LogP contribution in [0, 0.1) is 0 Å². The number of rotatable bonds is 6. The highest BCUT2D eigenvalue weighted by molar-refractivity contribution is 7.95. The third-order valence-corrected chi connectivity index (χ3v) is 3.20. The minimum absolute atomic E-state index is 0.0867. The van der Waals surface area contributed by atoms with E-state index in [9.17, 15) is 8.42 Å². The molecule has 0 bridgehead atoms. The molecule has 0 aliphatic carbocycles. The van der Waals surface area contributed by atoms with E-state index in [0.29, 0.717) is 18.2 Å². The van der Waals surface area contributed by atoms with Crippen molar-refractivity contribution >= 4 is 32.9 Å². The van der Waals surface area contributed by atoms with E-state index in [2.05, 4.69) is 21.9 Å². The summed E-state index contributed by atoms with van der Waals surface area (Å²) in [5.41, 5.74) is 5.51. The number of sulfonamides is 1. The van der Waals surface area contributed by atoms with Crippen LogP contribution < -0.4 is 15.2 Å². The molecule has 1 rings (SSSR count). The Labute approximate surface area is 105 Å². The monoisotopic (exact) mass is 275 g/mol. The van der Waals surface area contributed by atoms with Gasteiger partial charge in [-0.3, -0.25) is 4.72 Å². The molecule has 1 aromatic rings. The van der Waals surface area contributed by atoms with Crippen molar-refractivity contribution in [3.05, 3.63) is 18.3 Å². The fourth-order valence-corrected chi connectivity index (χ4v) is 2.47. The van der Waals surface area contributed by atoms with Gasteiger partial charge in [0.2, 0.25) is 15.9 Å². The Morgan fingerprint density at radius 2 is 2.29 bits per heavy atom. The molecule has 1 aromatic heterocycles. The maximum absolute atomic E-state index is 11.5. The van der Waals surface area contributed by atoms with Crippen molar-refractivity contribution in [3.63, 3.8) is 0 Å². The first-order valence-electron chi connectivity index (χ1n) is 4.80. The minimum atomic E-state index is -3.56. The van der Waals surface area contributed by atoms with Crippen LogP contribution in [-0.2, 0) is 10.0 Å². The molecule has 6 nitrogen and oxygen atoms in total. The van der Waals surface area contributed by atoms with Crippen molar-refractivity contribution in [1.82, 2.24) is 4.98 Å². The Bertz CT molecular complexity index is 485. The van der Waals surface area contributed by atoms with Crippen molar-refractivity contribution in [3.8, 4) is 5.88 Å². The predicted octanol–water partition coefficient (Wildman–Crippen LogP) is 0.508. The quantitative estimate of drug-likeness (QED) is 0.735. The van der Waals surface area contributed by atoms with Crippen molar-refractivity contribution in [2.75, 3.05) is 17.1 Å². The second kappa shape index (κ2) is 5.78. The Balaban J connectivity index is 2.72. The summed E-state index contributed by atoms with van der Waals surface area (Å²) in [6.45, 7) is 2.33. The lowest BCUT2D eigenvalue weighted by molar-refractivity contribution is 0.327. The second-order valence-electron chi connectivity index (χ2n) is 3.15. The summed E-state index contributed by atoms with van der Waals surface area (Å²) in [6, 6.07) is 3.12.